The maximum absolute atomic E-state index is 16.9. The number of terminal acetylenes is 1. The van der Waals surface area contributed by atoms with E-state index in [0.717, 1.165) is 32.2 Å². The number of rotatable bonds is 5. The summed E-state index contributed by atoms with van der Waals surface area (Å²) in [4.78, 5) is 18.1. The van der Waals surface area contributed by atoms with Gasteiger partial charge in [0.1, 0.15) is 40.8 Å². The van der Waals surface area contributed by atoms with Gasteiger partial charge < -0.3 is 20.7 Å². The smallest absolute Gasteiger partial charge is 0.319 e. The third kappa shape index (κ3) is 4.65. The second kappa shape index (κ2) is 10.6. The number of pyridine rings is 1. The van der Waals surface area contributed by atoms with Crippen LogP contribution in [0.25, 0.3) is 32.9 Å². The van der Waals surface area contributed by atoms with Crippen LogP contribution in [0.15, 0.2) is 24.3 Å². The molecule has 6 heterocycles. The van der Waals surface area contributed by atoms with Gasteiger partial charge >= 0.3 is 6.01 Å². The summed E-state index contributed by atoms with van der Waals surface area (Å²) in [5, 5.41) is 4.67. The maximum atomic E-state index is 16.9. The summed E-state index contributed by atoms with van der Waals surface area (Å²) in [5.41, 5.74) is 5.99. The highest BCUT2D eigenvalue weighted by Gasteiger charge is 2.49. The molecule has 12 heteroatoms. The Balaban J connectivity index is 1.30. The summed E-state index contributed by atoms with van der Waals surface area (Å²) in [6.07, 6.45) is 8.97. The van der Waals surface area contributed by atoms with Crippen LogP contribution in [-0.4, -0.2) is 76.4 Å². The molecular weight excluding hydrogens is 603 g/mol. The molecular formula is C33H31ClF3N7O. The van der Waals surface area contributed by atoms with E-state index >= 15 is 4.39 Å². The minimum absolute atomic E-state index is 0.0142. The van der Waals surface area contributed by atoms with Crippen molar-refractivity contribution in [3.8, 4) is 29.6 Å². The summed E-state index contributed by atoms with van der Waals surface area (Å²) in [6.45, 7) is 2.67. The van der Waals surface area contributed by atoms with E-state index in [-0.39, 0.29) is 57.6 Å². The van der Waals surface area contributed by atoms with Crippen LogP contribution in [0.3, 0.4) is 0 Å². The van der Waals surface area contributed by atoms with Gasteiger partial charge in [-0.25, -0.2) is 18.2 Å². The van der Waals surface area contributed by atoms with Crippen LogP contribution >= 0.6 is 11.6 Å². The number of halogens is 4. The molecule has 2 bridgehead atoms. The zero-order chi connectivity index (χ0) is 31.0. The first-order valence-corrected chi connectivity index (χ1v) is 15.7. The first-order valence-electron chi connectivity index (χ1n) is 15.3. The van der Waals surface area contributed by atoms with E-state index in [9.17, 15) is 8.78 Å². The van der Waals surface area contributed by atoms with Gasteiger partial charge in [-0.2, -0.15) is 9.97 Å². The van der Waals surface area contributed by atoms with Crippen LogP contribution in [0.4, 0.5) is 24.7 Å². The van der Waals surface area contributed by atoms with Gasteiger partial charge in [0.05, 0.1) is 16.5 Å². The van der Waals surface area contributed by atoms with Crippen molar-refractivity contribution in [3.05, 3.63) is 46.6 Å². The monoisotopic (exact) mass is 633 g/mol. The van der Waals surface area contributed by atoms with E-state index in [2.05, 4.69) is 31.0 Å². The highest BCUT2D eigenvalue weighted by Crippen LogP contribution is 2.43. The molecule has 4 aliphatic heterocycles. The lowest BCUT2D eigenvalue weighted by atomic mass is 9.95. The van der Waals surface area contributed by atoms with E-state index in [0.29, 0.717) is 48.3 Å². The Hall–Kier alpha value is -3.85. The predicted molar refractivity (Wildman–Crippen MR) is 168 cm³/mol. The summed E-state index contributed by atoms with van der Waals surface area (Å²) < 4.78 is 52.5. The Morgan fingerprint density at radius 3 is 2.69 bits per heavy atom. The molecule has 0 radical (unpaired) electrons. The van der Waals surface area contributed by atoms with E-state index < -0.39 is 23.3 Å². The van der Waals surface area contributed by atoms with Gasteiger partial charge in [0.15, 0.2) is 5.82 Å². The van der Waals surface area contributed by atoms with Crippen molar-refractivity contribution in [1.82, 2.24) is 25.2 Å². The maximum Gasteiger partial charge on any atom is 0.319 e. The molecule has 0 amide bonds. The minimum Gasteiger partial charge on any atom is -0.461 e. The fraction of sp³-hybridized carbons (Fsp3) is 0.424. The van der Waals surface area contributed by atoms with Gasteiger partial charge in [-0.05, 0) is 55.8 Å². The third-order valence-corrected chi connectivity index (χ3v) is 10.2. The van der Waals surface area contributed by atoms with E-state index in [1.165, 1.54) is 18.2 Å². The van der Waals surface area contributed by atoms with Crippen molar-refractivity contribution >= 4 is 44.8 Å². The second-order valence-corrected chi connectivity index (χ2v) is 13.1. The molecule has 4 aromatic rings. The van der Waals surface area contributed by atoms with Gasteiger partial charge in [-0.15, -0.1) is 6.42 Å². The number of ether oxygens (including phenoxy) is 1. The van der Waals surface area contributed by atoms with Gasteiger partial charge in [-0.3, -0.25) is 4.90 Å². The number of benzene rings is 2. The number of hydrogen-bond acceptors (Lipinski definition) is 8. The molecule has 2 unspecified atom stereocenters. The third-order valence-electron chi connectivity index (χ3n) is 9.94. The van der Waals surface area contributed by atoms with Crippen LogP contribution < -0.4 is 20.7 Å². The van der Waals surface area contributed by atoms with Crippen LogP contribution in [0, 0.1) is 24.0 Å². The topological polar surface area (TPSA) is 92.4 Å². The second-order valence-electron chi connectivity index (χ2n) is 12.8. The van der Waals surface area contributed by atoms with Crippen molar-refractivity contribution in [1.29, 1.82) is 0 Å². The lowest BCUT2D eigenvalue weighted by molar-refractivity contribution is 0.107. The molecule has 4 saturated heterocycles. The summed E-state index contributed by atoms with van der Waals surface area (Å²) in [5.74, 6) is 1.41. The lowest BCUT2D eigenvalue weighted by Gasteiger charge is -2.34. The summed E-state index contributed by atoms with van der Waals surface area (Å²) in [6, 6.07) is 6.43. The molecule has 4 fully saturated rings. The number of nitrogens with two attached hydrogens (primary N) is 1. The van der Waals surface area contributed by atoms with Crippen LogP contribution in [0.5, 0.6) is 6.01 Å². The minimum atomic E-state index is -0.922. The van der Waals surface area contributed by atoms with Crippen molar-refractivity contribution < 1.29 is 17.9 Å². The lowest BCUT2D eigenvalue weighted by Crippen LogP contribution is -2.51. The Labute approximate surface area is 263 Å². The highest BCUT2D eigenvalue weighted by atomic mass is 35.5. The first-order chi connectivity index (χ1) is 21.7. The fourth-order valence-corrected chi connectivity index (χ4v) is 8.23. The van der Waals surface area contributed by atoms with Crippen molar-refractivity contribution in [2.45, 2.75) is 55.9 Å². The molecule has 4 atom stereocenters. The molecule has 0 saturated carbocycles. The number of hydrogen-bond donors (Lipinski definition) is 2. The summed E-state index contributed by atoms with van der Waals surface area (Å²) in [7, 11) is 0. The molecule has 4 aliphatic rings. The van der Waals surface area contributed by atoms with E-state index in [1.807, 2.05) is 0 Å². The molecule has 8 rings (SSSR count). The van der Waals surface area contributed by atoms with E-state index in [1.54, 1.807) is 6.07 Å². The quantitative estimate of drug-likeness (QED) is 0.175. The number of anilines is 2. The largest absolute Gasteiger partial charge is 0.461 e. The molecule has 2 aromatic heterocycles. The van der Waals surface area contributed by atoms with E-state index in [4.69, 9.17) is 33.5 Å². The van der Waals surface area contributed by atoms with Gasteiger partial charge in [-0.1, -0.05) is 23.6 Å². The molecule has 3 N–H and O–H groups in total. The normalized spacial score (nSPS) is 26.1. The average molecular weight is 634 g/mol. The molecule has 0 spiro atoms. The van der Waals surface area contributed by atoms with Crippen LogP contribution in [0.1, 0.15) is 37.7 Å². The van der Waals surface area contributed by atoms with Crippen molar-refractivity contribution in [3.63, 3.8) is 0 Å². The number of nitrogen functional groups attached to an aromatic ring is 1. The molecule has 45 heavy (non-hydrogen) atoms. The number of alkyl halides is 1. The van der Waals surface area contributed by atoms with Gasteiger partial charge in [0.25, 0.3) is 0 Å². The zero-order valence-corrected chi connectivity index (χ0v) is 25.2. The molecule has 8 nitrogen and oxygen atoms in total. The first kappa shape index (κ1) is 28.6. The average Bonchev–Trinajstić information content (AvgIpc) is 3.67. The van der Waals surface area contributed by atoms with Crippen molar-refractivity contribution in [2.24, 2.45) is 0 Å². The van der Waals surface area contributed by atoms with Gasteiger partial charge in [0.2, 0.25) is 0 Å². The summed E-state index contributed by atoms with van der Waals surface area (Å²) >= 11 is 6.88. The fourth-order valence-electron chi connectivity index (χ4n) is 7.97. The standard InChI is InChI=1S/C33H31ClF3N7O/c1-2-22-24(36)7-4-17-10-19(38)11-23(25(17)22)28-27(37)29-26(30(34)40-28)31(43-14-20-5-6-21(15-43)39-20)42-32(41-29)45-16-33-8-3-9-44(33)13-18(35)12-33/h1,4,7,10-11,18,20-21,39H,3,5-6,8-9,12-16,38H2/t18-,20?,21?,33+/m1/s1. The Morgan fingerprint density at radius 1 is 1.11 bits per heavy atom. The number of nitrogens with zero attached hydrogens (tertiary/aromatic N) is 5. The predicted octanol–water partition coefficient (Wildman–Crippen LogP) is 5.24. The number of aromatic nitrogens is 3. The molecule has 0 aliphatic carbocycles. The number of fused-ring (bicyclic) bond motifs is 5. The highest BCUT2D eigenvalue weighted by molar-refractivity contribution is 6.35. The van der Waals surface area contributed by atoms with Gasteiger partial charge in [0, 0.05) is 54.8 Å². The molecule has 232 valence electrons. The number of piperazine rings is 1. The Bertz CT molecular complexity index is 1910. The van der Waals surface area contributed by atoms with Crippen LogP contribution in [0.2, 0.25) is 5.15 Å². The Kier molecular flexibility index (Phi) is 6.75. The SMILES string of the molecule is C#Cc1c(F)ccc2cc(N)cc(-c3nc(Cl)c4c(N5CC6CCC(C5)N6)nc(OC[C@@]56CCCN5C[C@H](F)C6)nc4c3F)c12. The number of nitrogens with one attached hydrogen (secondary N) is 1. The van der Waals surface area contributed by atoms with Crippen molar-refractivity contribution in [2.75, 3.05) is 43.4 Å². The Morgan fingerprint density at radius 2 is 1.91 bits per heavy atom. The zero-order valence-electron chi connectivity index (χ0n) is 24.4. The van der Waals surface area contributed by atoms with Crippen LogP contribution in [-0.2, 0) is 0 Å². The molecule has 2 aromatic carbocycles.